The fraction of sp³-hybridized carbons (Fsp3) is 0.250. The molecule has 0 aliphatic carbocycles. The predicted molar refractivity (Wildman–Crippen MR) is 458 cm³/mol. The smallest absolute Gasteiger partial charge is 0.437 e. The molecule has 0 unspecified atom stereocenters. The number of nitrogens with one attached hydrogen (secondary N) is 3. The van der Waals surface area contributed by atoms with Gasteiger partial charge < -0.3 is 50.7 Å². The van der Waals surface area contributed by atoms with Gasteiger partial charge in [0.05, 0.1) is 70.7 Å². The minimum atomic E-state index is -0.660. The minimum absolute atomic E-state index is 0.0101. The maximum absolute atomic E-state index is 12.5. The Labute approximate surface area is 733 Å². The molecule has 53 heteroatoms. The average molecular weight is 1880 g/mol. The normalized spacial score (nSPS) is 10.9. The zero-order valence-corrected chi connectivity index (χ0v) is 72.2. The third kappa shape index (κ3) is 24.3. The highest BCUT2D eigenvalue weighted by Gasteiger charge is 2.18. The summed E-state index contributed by atoms with van der Waals surface area (Å²) in [4.78, 5) is 180. The highest BCUT2D eigenvalue weighted by Crippen LogP contribution is 2.28. The molecule has 1 aliphatic rings. The highest BCUT2D eigenvalue weighted by molar-refractivity contribution is 9.09. The molecule has 17 aromatic rings. The lowest BCUT2D eigenvalue weighted by atomic mass is 10.1. The van der Waals surface area contributed by atoms with Crippen LogP contribution in [0.25, 0.3) is 67.0 Å². The number of aromatic nitrogens is 30. The van der Waals surface area contributed by atoms with Crippen molar-refractivity contribution in [1.82, 2.24) is 151 Å². The van der Waals surface area contributed by atoms with E-state index in [1.807, 2.05) is 48.9 Å². The number of aryl methyl sites for hydroxylation is 9. The standard InChI is InChI=1S/C17H15ClN6O3.C9H8N6O3.C9H10N4O3.C8H8BrCl.C8H10N6O2.C6H5ClN4.C6H4ClN3.C6H6N4O.C3H5ClO2/c1-22-9-19-15-14(22)16(25)23(10-20-15)8-13-21-24(17(26)27-13)7-6-11-2-4-12(18)5-3-11;1-14-3-10-7-6(14)8(16)15(4-11-7)2-5-12-13-9(17)18-5;1-12-4-10-8-7(12)9(15)13(5-11-8)3-6(14)16-2;9-6-5-7-1-3-8(10)4-2-7;1-13-3-10-7-6(13)8(16)14(4-11-7)2-5(15)12-9;1-11-3-10-6-4(11)5(7)8-2-9-6;7-6-5-4(1-2-8-5)9-3-10-6;1-10-3-9-5-4(10)6(11)8-2-7-5;1-6-3(5)2-4/h2-5,9-10H,6-8H2,1H3;3-4H,2H2,1H3,(H,13,17);4-5H,3H2,1-2H3;1-4H,5-6H2;3-4H,2,9H2,1H3,(H,12,15);2-3H,1H3;2-3H,1H2;2-3H,1H3,(H,7,8,11);2H2,1H3. The average Bonchev–Trinajstić information content (AvgIpc) is 1.68. The Morgan fingerprint density at radius 1 is 0.496 bits per heavy atom. The lowest BCUT2D eigenvalue weighted by Crippen LogP contribution is -2.36. The summed E-state index contributed by atoms with van der Waals surface area (Å²) < 4.78 is 34.5. The van der Waals surface area contributed by atoms with Crippen molar-refractivity contribution in [3.63, 3.8) is 0 Å². The van der Waals surface area contributed by atoms with E-state index >= 15 is 0 Å². The van der Waals surface area contributed by atoms with Crippen LogP contribution in [0, 0.1) is 0 Å². The number of rotatable bonds is 14. The van der Waals surface area contributed by atoms with E-state index in [9.17, 15) is 47.9 Å². The number of hydrazine groups is 1. The molecule has 15 aromatic heterocycles. The summed E-state index contributed by atoms with van der Waals surface area (Å²) >= 11 is 31.4. The number of methoxy groups -OCH3 is 2. The molecule has 0 saturated carbocycles. The molecule has 0 saturated heterocycles. The van der Waals surface area contributed by atoms with E-state index in [1.54, 1.807) is 93.6 Å². The molecule has 47 nitrogen and oxygen atoms in total. The number of H-pyrrole nitrogens is 2. The van der Waals surface area contributed by atoms with Gasteiger partial charge >= 0.3 is 23.5 Å². The Hall–Kier alpha value is -14.3. The number of imidazole rings is 6. The van der Waals surface area contributed by atoms with Gasteiger partial charge in [-0.05, 0) is 48.2 Å². The molecule has 0 atom stereocenters. The van der Waals surface area contributed by atoms with Crippen LogP contribution in [0.5, 0.6) is 0 Å². The number of fused-ring (bicyclic) bond motifs is 7. The van der Waals surface area contributed by atoms with Crippen LogP contribution in [0.3, 0.4) is 0 Å². The number of nitrogens with zero attached hydrogens (tertiary/aromatic N) is 29. The number of esters is 2. The molecule has 0 fully saturated rings. The van der Waals surface area contributed by atoms with Crippen molar-refractivity contribution in [2.45, 2.75) is 52.0 Å². The highest BCUT2D eigenvalue weighted by atomic mass is 79.9. The first-order chi connectivity index (χ1) is 60.0. The number of ether oxygens (including phenoxy) is 2. The van der Waals surface area contributed by atoms with Crippen LogP contribution in [-0.2, 0) is 118 Å². The van der Waals surface area contributed by atoms with Crippen LogP contribution >= 0.6 is 73.9 Å². The third-order valence-electron chi connectivity index (χ3n) is 17.0. The topological polar surface area (TPSA) is 571 Å². The second kappa shape index (κ2) is 43.9. The molecule has 1 amide bonds. The van der Waals surface area contributed by atoms with Crippen molar-refractivity contribution >= 4 is 171 Å². The van der Waals surface area contributed by atoms with Gasteiger partial charge in [0.25, 0.3) is 33.7 Å². The van der Waals surface area contributed by atoms with Crippen LogP contribution in [0.2, 0.25) is 20.4 Å². The molecule has 0 radical (unpaired) electrons. The SMILES string of the molecule is COC(=O)CCl.COC(=O)Cn1cnc2ncn(C)c2c1=O.Clc1ccc(CCBr)cc1.Clc1ncnc2c1N=CC2.Cn1cnc2nc[nH]c(=O)c21.Cn1cnc2ncn(CC(=O)NN)c(=O)c21.Cn1cnc2ncn(Cc3n[nH]c(=O)o3)c(=O)c21.Cn1cnc2ncn(Cc3nn(CCc4ccc(Cl)cc4)c(=O)o3)c(=O)c21.Cn1cnc2ncnc(Cl)c21. The van der Waals surface area contributed by atoms with Gasteiger partial charge in [-0.3, -0.25) is 67.0 Å². The summed E-state index contributed by atoms with van der Waals surface area (Å²) in [5.41, 5.74) is 9.94. The number of aromatic amines is 2. The van der Waals surface area contributed by atoms with E-state index in [1.165, 1.54) is 112 Å². The van der Waals surface area contributed by atoms with Crippen molar-refractivity contribution in [1.29, 1.82) is 0 Å². The largest absolute Gasteiger partial charge is 0.468 e. The van der Waals surface area contributed by atoms with Gasteiger partial charge in [0, 0.05) is 70.3 Å². The van der Waals surface area contributed by atoms with E-state index in [0.29, 0.717) is 89.8 Å². The number of hydrogen-bond acceptors (Lipinski definition) is 33. The number of carbonyl (C=O) groups is 3. The second-order valence-corrected chi connectivity index (χ2v) is 28.2. The molecule has 16 heterocycles. The first kappa shape index (κ1) is 92.9. The molecular formula is C72H71BrCl5N33O14. The van der Waals surface area contributed by atoms with Crippen molar-refractivity contribution in [3.05, 3.63) is 253 Å². The van der Waals surface area contributed by atoms with Crippen molar-refractivity contribution < 1.29 is 32.7 Å². The summed E-state index contributed by atoms with van der Waals surface area (Å²) in [7, 11) is 13.0. The zero-order chi connectivity index (χ0) is 90.1. The number of benzene rings is 2. The van der Waals surface area contributed by atoms with E-state index in [-0.39, 0.29) is 71.6 Å². The van der Waals surface area contributed by atoms with Gasteiger partial charge in [-0.25, -0.2) is 95.3 Å². The van der Waals surface area contributed by atoms with Crippen LogP contribution in [-0.4, -0.2) is 195 Å². The number of hydrogen-bond donors (Lipinski definition) is 4. The fourth-order valence-electron chi connectivity index (χ4n) is 10.8. The van der Waals surface area contributed by atoms with Gasteiger partial charge in [0.1, 0.15) is 81.2 Å². The van der Waals surface area contributed by atoms with Gasteiger partial charge in [-0.2, -0.15) is 4.68 Å². The Balaban J connectivity index is 0.000000151. The van der Waals surface area contributed by atoms with E-state index < -0.39 is 29.4 Å². The van der Waals surface area contributed by atoms with Crippen LogP contribution < -0.4 is 50.6 Å². The lowest BCUT2D eigenvalue weighted by molar-refractivity contribution is -0.141. The quantitative estimate of drug-likeness (QED) is 0.0303. The lowest BCUT2D eigenvalue weighted by Gasteiger charge is -2.03. The second-order valence-electron chi connectivity index (χ2n) is 25.5. The van der Waals surface area contributed by atoms with E-state index in [4.69, 9.17) is 72.7 Å². The third-order valence-corrected chi connectivity index (χ3v) is 18.7. The molecule has 18 rings (SSSR count). The van der Waals surface area contributed by atoms with Crippen molar-refractivity contribution in [2.75, 3.05) is 25.4 Å². The maximum atomic E-state index is 12.5. The van der Waals surface area contributed by atoms with Crippen LogP contribution in [0.4, 0.5) is 5.69 Å². The summed E-state index contributed by atoms with van der Waals surface area (Å²) in [5.74, 6) is 2.56. The Bertz CT molecular complexity index is 7000. The first-order valence-electron chi connectivity index (χ1n) is 36.0. The maximum Gasteiger partial charge on any atom is 0.437 e. The minimum Gasteiger partial charge on any atom is -0.468 e. The molecule has 5 N–H and O–H groups in total. The summed E-state index contributed by atoms with van der Waals surface area (Å²) in [6.45, 7) is 0.0899. The molecule has 650 valence electrons. The zero-order valence-electron chi connectivity index (χ0n) is 66.8. The van der Waals surface area contributed by atoms with Gasteiger partial charge in [0.2, 0.25) is 11.8 Å². The Morgan fingerprint density at radius 2 is 0.920 bits per heavy atom. The number of carbonyl (C=O) groups excluding carboxylic acids is 3. The van der Waals surface area contributed by atoms with E-state index in [0.717, 1.165) is 45.7 Å². The molecule has 1 aliphatic heterocycles. The van der Waals surface area contributed by atoms with Gasteiger partial charge in [-0.1, -0.05) is 86.6 Å². The van der Waals surface area contributed by atoms with Crippen LogP contribution in [0.1, 0.15) is 28.6 Å². The van der Waals surface area contributed by atoms with Crippen molar-refractivity contribution in [2.24, 2.45) is 53.1 Å². The van der Waals surface area contributed by atoms with Crippen LogP contribution in [0.15, 0.2) is 178 Å². The number of halogens is 6. The number of amides is 1. The summed E-state index contributed by atoms with van der Waals surface area (Å²) in [6.07, 6.45) is 22.9. The van der Waals surface area contributed by atoms with E-state index in [2.05, 4.69) is 125 Å². The summed E-state index contributed by atoms with van der Waals surface area (Å²) in [5, 5.41) is 13.3. The van der Waals surface area contributed by atoms with Gasteiger partial charge in [-0.15, -0.1) is 21.8 Å². The molecule has 2 aromatic carbocycles. The Morgan fingerprint density at radius 3 is 1.36 bits per heavy atom. The predicted octanol–water partition coefficient (Wildman–Crippen LogP) is 3.24. The number of nitrogens with two attached hydrogens (primary N) is 1. The fourth-order valence-corrected chi connectivity index (χ4v) is 12.1. The first-order valence-corrected chi connectivity index (χ1v) is 39.1. The molecular weight excluding hydrogens is 1810 g/mol. The molecule has 0 bridgehead atoms. The van der Waals surface area contributed by atoms with Gasteiger partial charge in [0.15, 0.2) is 71.8 Å². The number of alkyl halides is 2. The van der Waals surface area contributed by atoms with Crippen molar-refractivity contribution in [3.8, 4) is 0 Å². The Kier molecular flexibility index (Phi) is 32.7. The molecule has 0 spiro atoms. The molecule has 125 heavy (non-hydrogen) atoms. The summed E-state index contributed by atoms with van der Waals surface area (Å²) in [6, 6.07) is 15.3. The monoisotopic (exact) mass is 1880 g/mol. The number of aliphatic imine (C=N–C) groups is 1.